The van der Waals surface area contributed by atoms with Gasteiger partial charge in [-0.15, -0.1) is 0 Å². The van der Waals surface area contributed by atoms with E-state index in [2.05, 4.69) is 5.10 Å². The maximum atomic E-state index is 11.9. The minimum Gasteiger partial charge on any atom is -0.268 e. The molecule has 0 fully saturated rings. The minimum atomic E-state index is -3.68. The standard InChI is InChI=1S/C13H16N2O3S/c1-11-3-5-13(6-4-11)19(16,17)18-10-9-15-12(2)7-8-14-15/h3-8H,9-10H2,1-2H3. The maximum Gasteiger partial charge on any atom is 0.297 e. The van der Waals surface area contributed by atoms with Gasteiger partial charge < -0.3 is 0 Å². The SMILES string of the molecule is Cc1ccc(S(=O)(=O)OCCn2nccc2C)cc1. The molecule has 0 N–H and O–H groups in total. The Morgan fingerprint density at radius 3 is 2.42 bits per heavy atom. The van der Waals surface area contributed by atoms with Crippen LogP contribution in [0.2, 0.25) is 0 Å². The molecular formula is C13H16N2O3S. The molecule has 0 aliphatic rings. The molecule has 1 heterocycles. The van der Waals surface area contributed by atoms with Crippen molar-refractivity contribution in [1.29, 1.82) is 0 Å². The number of aromatic nitrogens is 2. The van der Waals surface area contributed by atoms with Crippen LogP contribution in [0.4, 0.5) is 0 Å². The smallest absolute Gasteiger partial charge is 0.268 e. The predicted octanol–water partition coefficient (Wildman–Crippen LogP) is 1.91. The van der Waals surface area contributed by atoms with E-state index in [1.807, 2.05) is 19.9 Å². The van der Waals surface area contributed by atoms with Crippen molar-refractivity contribution < 1.29 is 12.6 Å². The Morgan fingerprint density at radius 2 is 1.84 bits per heavy atom. The van der Waals surface area contributed by atoms with Gasteiger partial charge in [-0.3, -0.25) is 8.86 Å². The molecule has 0 atom stereocenters. The summed E-state index contributed by atoms with van der Waals surface area (Å²) in [7, 11) is -3.68. The van der Waals surface area contributed by atoms with Crippen LogP contribution in [0.15, 0.2) is 41.4 Å². The topological polar surface area (TPSA) is 61.2 Å². The molecule has 0 aliphatic heterocycles. The van der Waals surface area contributed by atoms with Gasteiger partial charge in [0.15, 0.2) is 0 Å². The second-order valence-corrected chi connectivity index (χ2v) is 5.90. The lowest BCUT2D eigenvalue weighted by molar-refractivity contribution is 0.293. The highest BCUT2D eigenvalue weighted by Gasteiger charge is 2.14. The second kappa shape index (κ2) is 5.54. The summed E-state index contributed by atoms with van der Waals surface area (Å²) in [6.07, 6.45) is 1.67. The van der Waals surface area contributed by atoms with Gasteiger partial charge in [-0.1, -0.05) is 17.7 Å². The highest BCUT2D eigenvalue weighted by molar-refractivity contribution is 7.86. The molecule has 0 radical (unpaired) electrons. The monoisotopic (exact) mass is 280 g/mol. The van der Waals surface area contributed by atoms with Crippen molar-refractivity contribution in [1.82, 2.24) is 9.78 Å². The van der Waals surface area contributed by atoms with Crippen molar-refractivity contribution in [2.45, 2.75) is 25.3 Å². The van der Waals surface area contributed by atoms with Crippen LogP contribution < -0.4 is 0 Å². The molecule has 6 heteroatoms. The average molecular weight is 280 g/mol. The first-order valence-corrected chi connectivity index (χ1v) is 7.34. The van der Waals surface area contributed by atoms with E-state index in [1.165, 1.54) is 0 Å². The molecule has 0 aliphatic carbocycles. The van der Waals surface area contributed by atoms with Crippen molar-refractivity contribution in [2.75, 3.05) is 6.61 Å². The van der Waals surface area contributed by atoms with Gasteiger partial charge in [-0.05, 0) is 32.0 Å². The van der Waals surface area contributed by atoms with Gasteiger partial charge in [0.1, 0.15) is 0 Å². The van der Waals surface area contributed by atoms with Crippen LogP contribution in [-0.2, 0) is 20.8 Å². The molecular weight excluding hydrogens is 264 g/mol. The number of hydrogen-bond acceptors (Lipinski definition) is 4. The Labute approximate surface area is 113 Å². The van der Waals surface area contributed by atoms with E-state index < -0.39 is 10.1 Å². The summed E-state index contributed by atoms with van der Waals surface area (Å²) < 4.78 is 30.5. The maximum absolute atomic E-state index is 11.9. The van der Waals surface area contributed by atoms with Crippen LogP contribution in [0.1, 0.15) is 11.3 Å². The normalized spacial score (nSPS) is 11.7. The lowest BCUT2D eigenvalue weighted by Gasteiger charge is -2.07. The van der Waals surface area contributed by atoms with Crippen molar-refractivity contribution >= 4 is 10.1 Å². The first-order chi connectivity index (χ1) is 8.99. The van der Waals surface area contributed by atoms with Crippen LogP contribution in [0.5, 0.6) is 0 Å². The Hall–Kier alpha value is -1.66. The van der Waals surface area contributed by atoms with E-state index in [-0.39, 0.29) is 11.5 Å². The summed E-state index contributed by atoms with van der Waals surface area (Å²) in [5.74, 6) is 0. The number of rotatable bonds is 5. The minimum absolute atomic E-state index is 0.0682. The van der Waals surface area contributed by atoms with E-state index in [9.17, 15) is 8.42 Å². The third-order valence-corrected chi connectivity index (χ3v) is 4.11. The first-order valence-electron chi connectivity index (χ1n) is 5.93. The summed E-state index contributed by atoms with van der Waals surface area (Å²) in [6.45, 7) is 4.28. The zero-order valence-corrected chi connectivity index (χ0v) is 11.7. The Kier molecular flexibility index (Phi) is 4.01. The van der Waals surface area contributed by atoms with Crippen molar-refractivity contribution in [3.05, 3.63) is 47.8 Å². The van der Waals surface area contributed by atoms with Crippen molar-refractivity contribution in [3.63, 3.8) is 0 Å². The van der Waals surface area contributed by atoms with E-state index in [1.54, 1.807) is 35.1 Å². The summed E-state index contributed by atoms with van der Waals surface area (Å²) in [5, 5.41) is 4.06. The number of aryl methyl sites for hydroxylation is 2. The molecule has 0 saturated carbocycles. The van der Waals surface area contributed by atoms with Crippen LogP contribution in [0.3, 0.4) is 0 Å². The van der Waals surface area contributed by atoms with E-state index in [0.29, 0.717) is 6.54 Å². The molecule has 102 valence electrons. The lowest BCUT2D eigenvalue weighted by atomic mass is 10.2. The second-order valence-electron chi connectivity index (χ2n) is 4.28. The van der Waals surface area contributed by atoms with Gasteiger partial charge in [0.25, 0.3) is 10.1 Å². The number of benzene rings is 1. The van der Waals surface area contributed by atoms with Crippen LogP contribution >= 0.6 is 0 Å². The van der Waals surface area contributed by atoms with E-state index in [4.69, 9.17) is 4.18 Å². The Balaban J connectivity index is 1.98. The highest BCUT2D eigenvalue weighted by atomic mass is 32.2. The zero-order valence-electron chi connectivity index (χ0n) is 10.9. The lowest BCUT2D eigenvalue weighted by Crippen LogP contribution is -2.13. The fraction of sp³-hybridized carbons (Fsp3) is 0.308. The van der Waals surface area contributed by atoms with E-state index in [0.717, 1.165) is 11.3 Å². The van der Waals surface area contributed by atoms with Gasteiger partial charge in [0, 0.05) is 11.9 Å². The van der Waals surface area contributed by atoms with Gasteiger partial charge in [-0.2, -0.15) is 13.5 Å². The highest BCUT2D eigenvalue weighted by Crippen LogP contribution is 2.13. The molecule has 0 saturated heterocycles. The van der Waals surface area contributed by atoms with Crippen molar-refractivity contribution in [2.24, 2.45) is 0 Å². The summed E-state index contributed by atoms with van der Waals surface area (Å²) in [4.78, 5) is 0.176. The Bertz CT molecular complexity index is 645. The van der Waals surface area contributed by atoms with Crippen LogP contribution in [-0.4, -0.2) is 24.8 Å². The quantitative estimate of drug-likeness (QED) is 0.785. The molecule has 2 aromatic rings. The summed E-state index contributed by atoms with van der Waals surface area (Å²) >= 11 is 0. The molecule has 0 spiro atoms. The largest absolute Gasteiger partial charge is 0.297 e. The summed E-state index contributed by atoms with van der Waals surface area (Å²) in [6, 6.07) is 8.43. The fourth-order valence-corrected chi connectivity index (χ4v) is 2.54. The van der Waals surface area contributed by atoms with Gasteiger partial charge in [0.05, 0.1) is 18.0 Å². The van der Waals surface area contributed by atoms with Crippen LogP contribution in [0, 0.1) is 13.8 Å². The molecule has 0 amide bonds. The molecule has 0 unspecified atom stereocenters. The van der Waals surface area contributed by atoms with Gasteiger partial charge in [-0.25, -0.2) is 0 Å². The first kappa shape index (κ1) is 13.8. The summed E-state index contributed by atoms with van der Waals surface area (Å²) in [5.41, 5.74) is 1.97. The van der Waals surface area contributed by atoms with Crippen molar-refractivity contribution in [3.8, 4) is 0 Å². The molecule has 1 aromatic carbocycles. The van der Waals surface area contributed by atoms with Gasteiger partial charge in [0.2, 0.25) is 0 Å². The van der Waals surface area contributed by atoms with Crippen LogP contribution in [0.25, 0.3) is 0 Å². The molecule has 19 heavy (non-hydrogen) atoms. The fourth-order valence-electron chi connectivity index (χ4n) is 1.64. The third-order valence-electron chi connectivity index (χ3n) is 2.78. The molecule has 2 rings (SSSR count). The molecule has 5 nitrogen and oxygen atoms in total. The zero-order chi connectivity index (χ0) is 13.9. The third kappa shape index (κ3) is 3.42. The molecule has 0 bridgehead atoms. The molecule has 1 aromatic heterocycles. The Morgan fingerprint density at radius 1 is 1.16 bits per heavy atom. The number of nitrogens with zero attached hydrogens (tertiary/aromatic N) is 2. The average Bonchev–Trinajstić information content (AvgIpc) is 2.75. The van der Waals surface area contributed by atoms with Gasteiger partial charge >= 0.3 is 0 Å². The predicted molar refractivity (Wildman–Crippen MR) is 71.3 cm³/mol. The number of hydrogen-bond donors (Lipinski definition) is 0. The van der Waals surface area contributed by atoms with E-state index >= 15 is 0 Å².